The Labute approximate surface area is 104 Å². The molecule has 80 valence electrons. The van der Waals surface area contributed by atoms with Gasteiger partial charge in [0, 0.05) is 34.7 Å². The van der Waals surface area contributed by atoms with Gasteiger partial charge in [0.05, 0.1) is 6.42 Å². The second-order valence-electron chi connectivity index (χ2n) is 5.52. The summed E-state index contributed by atoms with van der Waals surface area (Å²) in [6, 6.07) is 0. The van der Waals surface area contributed by atoms with Crippen molar-refractivity contribution in [3.63, 3.8) is 0 Å². The SMILES string of the molecule is CC(C)(C)C(=O)CC(=O)C(C)(C)C.[Sn]. The van der Waals surface area contributed by atoms with Crippen molar-refractivity contribution in [3.8, 4) is 0 Å². The van der Waals surface area contributed by atoms with Gasteiger partial charge in [-0.15, -0.1) is 0 Å². The van der Waals surface area contributed by atoms with Crippen LogP contribution in [0.1, 0.15) is 48.0 Å². The van der Waals surface area contributed by atoms with Gasteiger partial charge in [0.15, 0.2) is 0 Å². The molecule has 0 aliphatic heterocycles. The number of carbonyl (C=O) groups is 2. The van der Waals surface area contributed by atoms with Gasteiger partial charge in [0.2, 0.25) is 0 Å². The minimum Gasteiger partial charge on any atom is -0.299 e. The van der Waals surface area contributed by atoms with Crippen molar-refractivity contribution in [2.75, 3.05) is 0 Å². The average Bonchev–Trinajstić information content (AvgIpc) is 1.82. The van der Waals surface area contributed by atoms with E-state index in [1.54, 1.807) is 0 Å². The largest absolute Gasteiger partial charge is 0.299 e. The predicted molar refractivity (Wildman–Crippen MR) is 59.3 cm³/mol. The monoisotopic (exact) mass is 304 g/mol. The second-order valence-corrected chi connectivity index (χ2v) is 5.52. The molecule has 0 amide bonds. The molecular weight excluding hydrogens is 283 g/mol. The standard InChI is InChI=1S/C11H20O2.Sn/c1-10(2,3)8(12)7-9(13)11(4,5)6;/h7H2,1-6H3;. The number of ketones is 2. The van der Waals surface area contributed by atoms with E-state index in [0.29, 0.717) is 0 Å². The summed E-state index contributed by atoms with van der Waals surface area (Å²) in [6.45, 7) is 11.0. The maximum atomic E-state index is 11.5. The summed E-state index contributed by atoms with van der Waals surface area (Å²) >= 11 is 0. The first kappa shape index (κ1) is 16.6. The molecule has 0 aromatic rings. The Morgan fingerprint density at radius 1 is 0.786 bits per heavy atom. The second kappa shape index (κ2) is 5.29. The normalized spacial score (nSPS) is 11.9. The first-order valence-corrected chi connectivity index (χ1v) is 4.62. The van der Waals surface area contributed by atoms with Gasteiger partial charge in [-0.25, -0.2) is 0 Å². The van der Waals surface area contributed by atoms with Gasteiger partial charge in [0.1, 0.15) is 11.6 Å². The van der Waals surface area contributed by atoms with Crippen LogP contribution in [0.15, 0.2) is 0 Å². The quantitative estimate of drug-likeness (QED) is 0.579. The molecule has 14 heavy (non-hydrogen) atoms. The first-order valence-electron chi connectivity index (χ1n) is 4.62. The van der Waals surface area contributed by atoms with Crippen LogP contribution in [0, 0.1) is 10.8 Å². The maximum Gasteiger partial charge on any atom is 0.145 e. The summed E-state index contributed by atoms with van der Waals surface area (Å²) in [5.74, 6) is 0.0415. The maximum absolute atomic E-state index is 11.5. The van der Waals surface area contributed by atoms with Crippen molar-refractivity contribution >= 4 is 35.5 Å². The van der Waals surface area contributed by atoms with Crippen molar-refractivity contribution in [1.29, 1.82) is 0 Å². The molecule has 4 radical (unpaired) electrons. The van der Waals surface area contributed by atoms with Crippen molar-refractivity contribution in [2.45, 2.75) is 48.0 Å². The third-order valence-corrected chi connectivity index (χ3v) is 1.99. The van der Waals surface area contributed by atoms with E-state index in [-0.39, 0.29) is 41.9 Å². The minimum atomic E-state index is -0.402. The average molecular weight is 303 g/mol. The topological polar surface area (TPSA) is 34.1 Å². The molecule has 0 spiro atoms. The Morgan fingerprint density at radius 2 is 1.00 bits per heavy atom. The van der Waals surface area contributed by atoms with Crippen LogP contribution in [-0.2, 0) is 9.59 Å². The van der Waals surface area contributed by atoms with Crippen LogP contribution in [0.25, 0.3) is 0 Å². The third kappa shape index (κ3) is 5.78. The van der Waals surface area contributed by atoms with E-state index in [0.717, 1.165) is 0 Å². The molecule has 0 fully saturated rings. The molecule has 0 aliphatic rings. The van der Waals surface area contributed by atoms with Crippen molar-refractivity contribution in [1.82, 2.24) is 0 Å². The van der Waals surface area contributed by atoms with Crippen LogP contribution in [0.4, 0.5) is 0 Å². The Balaban J connectivity index is 0. The summed E-state index contributed by atoms with van der Waals surface area (Å²) < 4.78 is 0. The van der Waals surface area contributed by atoms with Gasteiger partial charge < -0.3 is 0 Å². The molecule has 0 aromatic carbocycles. The molecule has 2 nitrogen and oxygen atoms in total. The van der Waals surface area contributed by atoms with E-state index in [2.05, 4.69) is 0 Å². The molecule has 0 saturated heterocycles. The van der Waals surface area contributed by atoms with Crippen LogP contribution in [0.2, 0.25) is 0 Å². The van der Waals surface area contributed by atoms with Crippen LogP contribution in [0.3, 0.4) is 0 Å². The fraction of sp³-hybridized carbons (Fsp3) is 0.818. The summed E-state index contributed by atoms with van der Waals surface area (Å²) in [5.41, 5.74) is -0.804. The fourth-order valence-electron chi connectivity index (χ4n) is 0.676. The zero-order valence-corrected chi connectivity index (χ0v) is 12.9. The summed E-state index contributed by atoms with van der Waals surface area (Å²) in [4.78, 5) is 23.0. The van der Waals surface area contributed by atoms with E-state index in [4.69, 9.17) is 0 Å². The van der Waals surface area contributed by atoms with E-state index in [1.165, 1.54) is 0 Å². The Bertz CT molecular complexity index is 194. The van der Waals surface area contributed by atoms with Gasteiger partial charge in [0.25, 0.3) is 0 Å². The van der Waals surface area contributed by atoms with Gasteiger partial charge in [-0.05, 0) is 0 Å². The summed E-state index contributed by atoms with van der Waals surface area (Å²) in [5, 5.41) is 0. The molecule has 0 N–H and O–H groups in total. The molecule has 0 atom stereocenters. The fourth-order valence-corrected chi connectivity index (χ4v) is 0.676. The molecule has 0 bridgehead atoms. The Morgan fingerprint density at radius 3 is 1.14 bits per heavy atom. The van der Waals surface area contributed by atoms with E-state index in [1.807, 2.05) is 41.5 Å². The smallest absolute Gasteiger partial charge is 0.145 e. The van der Waals surface area contributed by atoms with Gasteiger partial charge in [-0.1, -0.05) is 41.5 Å². The van der Waals surface area contributed by atoms with Crippen LogP contribution < -0.4 is 0 Å². The van der Waals surface area contributed by atoms with E-state index < -0.39 is 10.8 Å². The summed E-state index contributed by atoms with van der Waals surface area (Å²) in [6.07, 6.45) is 0.0625. The Kier molecular flexibility index (Phi) is 6.25. The van der Waals surface area contributed by atoms with Gasteiger partial charge >= 0.3 is 0 Å². The van der Waals surface area contributed by atoms with Crippen molar-refractivity contribution in [3.05, 3.63) is 0 Å². The molecule has 0 saturated carbocycles. The first-order chi connectivity index (χ1) is 5.55. The number of rotatable bonds is 2. The molecule has 0 heterocycles. The molecule has 0 rings (SSSR count). The molecule has 0 aliphatic carbocycles. The molecule has 0 aromatic heterocycles. The zero-order chi connectivity index (χ0) is 10.9. The van der Waals surface area contributed by atoms with E-state index >= 15 is 0 Å². The minimum absolute atomic E-state index is 0. The van der Waals surface area contributed by atoms with Crippen LogP contribution >= 0.6 is 0 Å². The zero-order valence-electron chi connectivity index (χ0n) is 10.0. The van der Waals surface area contributed by atoms with Crippen molar-refractivity contribution < 1.29 is 9.59 Å². The number of Topliss-reactive ketones (excluding diaryl/α,β-unsaturated/α-hetero) is 2. The summed E-state index contributed by atoms with van der Waals surface area (Å²) in [7, 11) is 0. The molecule has 3 heteroatoms. The van der Waals surface area contributed by atoms with Crippen LogP contribution in [-0.4, -0.2) is 35.5 Å². The number of carbonyl (C=O) groups excluding carboxylic acids is 2. The number of hydrogen-bond acceptors (Lipinski definition) is 2. The van der Waals surface area contributed by atoms with Crippen LogP contribution in [0.5, 0.6) is 0 Å². The van der Waals surface area contributed by atoms with E-state index in [9.17, 15) is 9.59 Å². The predicted octanol–water partition coefficient (Wildman–Crippen LogP) is 2.23. The number of hydrogen-bond donors (Lipinski definition) is 0. The third-order valence-electron chi connectivity index (χ3n) is 1.99. The van der Waals surface area contributed by atoms with Crippen molar-refractivity contribution in [2.24, 2.45) is 10.8 Å². The molecular formula is C11H20O2Sn. The Hall–Kier alpha value is 0.139. The molecule has 0 unspecified atom stereocenters. The van der Waals surface area contributed by atoms with Gasteiger partial charge in [-0.2, -0.15) is 0 Å². The van der Waals surface area contributed by atoms with Gasteiger partial charge in [-0.3, -0.25) is 9.59 Å².